The lowest BCUT2D eigenvalue weighted by Crippen LogP contribution is -2.25. The molecule has 0 saturated heterocycles. The smallest absolute Gasteiger partial charge is 0.259 e. The van der Waals surface area contributed by atoms with Gasteiger partial charge in [-0.1, -0.05) is 18.2 Å². The van der Waals surface area contributed by atoms with E-state index in [2.05, 4.69) is 31.8 Å². The minimum atomic E-state index is -0.185. The second-order valence-electron chi connectivity index (χ2n) is 3.68. The molecular formula is C13H12BrN3OS. The summed E-state index contributed by atoms with van der Waals surface area (Å²) in [7, 11) is 0. The molecule has 1 amide bonds. The van der Waals surface area contributed by atoms with Crippen molar-refractivity contribution in [1.29, 1.82) is 0 Å². The molecule has 19 heavy (non-hydrogen) atoms. The van der Waals surface area contributed by atoms with Gasteiger partial charge in [0.2, 0.25) is 0 Å². The zero-order valence-corrected chi connectivity index (χ0v) is 12.4. The van der Waals surface area contributed by atoms with Crippen LogP contribution in [0.1, 0.15) is 4.88 Å². The lowest BCUT2D eigenvalue weighted by atomic mass is 10.3. The van der Waals surface area contributed by atoms with Crippen LogP contribution in [0, 0.1) is 0 Å². The van der Waals surface area contributed by atoms with E-state index in [1.807, 2.05) is 41.8 Å². The summed E-state index contributed by atoms with van der Waals surface area (Å²) < 4.78 is 1.01. The minimum Gasteiger partial charge on any atom is -0.376 e. The topological polar surface area (TPSA) is 53.5 Å². The highest BCUT2D eigenvalue weighted by Crippen LogP contribution is 2.17. The van der Waals surface area contributed by atoms with Crippen LogP contribution in [0.2, 0.25) is 0 Å². The number of anilines is 1. The van der Waals surface area contributed by atoms with Crippen LogP contribution in [0.3, 0.4) is 0 Å². The van der Waals surface area contributed by atoms with E-state index < -0.39 is 0 Å². The summed E-state index contributed by atoms with van der Waals surface area (Å²) in [6.07, 6.45) is 1.62. The number of halogens is 1. The molecule has 1 heterocycles. The Kier molecular flexibility index (Phi) is 5.11. The van der Waals surface area contributed by atoms with Crippen LogP contribution in [0.15, 0.2) is 51.4 Å². The molecule has 2 aromatic rings. The number of rotatable bonds is 5. The fraction of sp³-hybridized carbons (Fsp3) is 0.0769. The van der Waals surface area contributed by atoms with Crippen LogP contribution < -0.4 is 10.7 Å². The van der Waals surface area contributed by atoms with Gasteiger partial charge >= 0.3 is 0 Å². The average Bonchev–Trinajstić information content (AvgIpc) is 2.83. The van der Waals surface area contributed by atoms with Crippen molar-refractivity contribution in [2.24, 2.45) is 5.10 Å². The summed E-state index contributed by atoms with van der Waals surface area (Å²) in [6.45, 7) is 0.190. The number of benzene rings is 1. The summed E-state index contributed by atoms with van der Waals surface area (Å²) in [5.74, 6) is -0.185. The van der Waals surface area contributed by atoms with E-state index in [1.165, 1.54) is 0 Å². The van der Waals surface area contributed by atoms with Crippen molar-refractivity contribution in [3.05, 3.63) is 51.1 Å². The standard InChI is InChI=1S/C13H12BrN3OS/c14-10-6-12(19-9-10)7-16-17-13(18)8-15-11-4-2-1-3-5-11/h1-7,9,15H,8H2,(H,17,18)/b16-7+. The Hall–Kier alpha value is -1.66. The molecule has 0 aliphatic carbocycles. The Labute approximate surface area is 123 Å². The van der Waals surface area contributed by atoms with Crippen LogP contribution in [0.5, 0.6) is 0 Å². The monoisotopic (exact) mass is 337 g/mol. The number of hydrogen-bond acceptors (Lipinski definition) is 4. The number of amides is 1. The van der Waals surface area contributed by atoms with Gasteiger partial charge in [0.05, 0.1) is 12.8 Å². The normalized spacial score (nSPS) is 10.6. The summed E-state index contributed by atoms with van der Waals surface area (Å²) >= 11 is 4.90. The van der Waals surface area contributed by atoms with Gasteiger partial charge in [0.1, 0.15) is 0 Å². The quantitative estimate of drug-likeness (QED) is 0.650. The van der Waals surface area contributed by atoms with E-state index in [4.69, 9.17) is 0 Å². The molecule has 1 aromatic heterocycles. The molecule has 0 unspecified atom stereocenters. The van der Waals surface area contributed by atoms with Crippen LogP contribution in [-0.4, -0.2) is 18.7 Å². The maximum Gasteiger partial charge on any atom is 0.259 e. The largest absolute Gasteiger partial charge is 0.376 e. The van der Waals surface area contributed by atoms with Crippen LogP contribution >= 0.6 is 27.3 Å². The predicted octanol–water partition coefficient (Wildman–Crippen LogP) is 3.07. The van der Waals surface area contributed by atoms with Crippen molar-refractivity contribution in [3.8, 4) is 0 Å². The molecule has 0 radical (unpaired) electrons. The second kappa shape index (κ2) is 7.06. The van der Waals surface area contributed by atoms with Gasteiger partial charge in [-0.15, -0.1) is 11.3 Å². The first kappa shape index (κ1) is 13.8. The first-order valence-electron chi connectivity index (χ1n) is 5.59. The summed E-state index contributed by atoms with van der Waals surface area (Å²) in [5, 5.41) is 8.86. The molecule has 0 fully saturated rings. The van der Waals surface area contributed by atoms with E-state index in [0.717, 1.165) is 15.0 Å². The first-order valence-corrected chi connectivity index (χ1v) is 7.26. The van der Waals surface area contributed by atoms with Crippen molar-refractivity contribution >= 4 is 45.1 Å². The van der Waals surface area contributed by atoms with Gasteiger partial charge in [-0.05, 0) is 34.1 Å². The number of nitrogens with one attached hydrogen (secondary N) is 2. The molecule has 2 N–H and O–H groups in total. The Balaban J connectivity index is 1.74. The third-order valence-electron chi connectivity index (χ3n) is 2.20. The Morgan fingerprint density at radius 3 is 2.84 bits per heavy atom. The lowest BCUT2D eigenvalue weighted by Gasteiger charge is -2.04. The number of para-hydroxylation sites is 1. The van der Waals surface area contributed by atoms with Crippen LogP contribution in [-0.2, 0) is 4.79 Å². The maximum absolute atomic E-state index is 11.5. The number of nitrogens with zero attached hydrogens (tertiary/aromatic N) is 1. The summed E-state index contributed by atoms with van der Waals surface area (Å²) in [5.41, 5.74) is 3.38. The molecule has 0 spiro atoms. The second-order valence-corrected chi connectivity index (χ2v) is 5.54. The SMILES string of the molecule is O=C(CNc1ccccc1)N/N=C/c1cc(Br)cs1. The molecule has 4 nitrogen and oxygen atoms in total. The molecule has 0 aliphatic heterocycles. The van der Waals surface area contributed by atoms with Gasteiger partial charge in [-0.25, -0.2) is 5.43 Å². The molecule has 0 bridgehead atoms. The first-order chi connectivity index (χ1) is 9.24. The minimum absolute atomic E-state index is 0.185. The number of carbonyl (C=O) groups is 1. The van der Waals surface area contributed by atoms with Crippen molar-refractivity contribution in [2.45, 2.75) is 0 Å². The molecular weight excluding hydrogens is 326 g/mol. The van der Waals surface area contributed by atoms with Crippen LogP contribution in [0.25, 0.3) is 0 Å². The lowest BCUT2D eigenvalue weighted by molar-refractivity contribution is -0.119. The third-order valence-corrected chi connectivity index (χ3v) is 3.82. The number of carbonyl (C=O) groups excluding carboxylic acids is 1. The van der Waals surface area contributed by atoms with Crippen molar-refractivity contribution in [1.82, 2.24) is 5.43 Å². The third kappa shape index (κ3) is 4.84. The number of hydrogen-bond donors (Lipinski definition) is 2. The summed E-state index contributed by atoms with van der Waals surface area (Å²) in [4.78, 5) is 12.5. The van der Waals surface area contributed by atoms with E-state index in [0.29, 0.717) is 0 Å². The van der Waals surface area contributed by atoms with Gasteiger partial charge in [0, 0.05) is 20.4 Å². The Morgan fingerprint density at radius 2 is 2.16 bits per heavy atom. The molecule has 0 aliphatic rings. The molecule has 2 rings (SSSR count). The van der Waals surface area contributed by atoms with Gasteiger partial charge in [-0.2, -0.15) is 5.10 Å². The zero-order chi connectivity index (χ0) is 13.5. The van der Waals surface area contributed by atoms with Gasteiger partial charge in [0.25, 0.3) is 5.91 Å². The van der Waals surface area contributed by atoms with E-state index in [-0.39, 0.29) is 12.5 Å². The predicted molar refractivity (Wildman–Crippen MR) is 82.7 cm³/mol. The van der Waals surface area contributed by atoms with Gasteiger partial charge < -0.3 is 5.32 Å². The number of thiophene rings is 1. The number of hydrazone groups is 1. The van der Waals surface area contributed by atoms with Gasteiger partial charge in [-0.3, -0.25) is 4.79 Å². The fourth-order valence-corrected chi connectivity index (χ4v) is 2.65. The molecule has 0 saturated carbocycles. The van der Waals surface area contributed by atoms with E-state index in [9.17, 15) is 4.79 Å². The van der Waals surface area contributed by atoms with Crippen LogP contribution in [0.4, 0.5) is 5.69 Å². The summed E-state index contributed by atoms with van der Waals surface area (Å²) in [6, 6.07) is 11.5. The van der Waals surface area contributed by atoms with E-state index in [1.54, 1.807) is 17.6 Å². The Morgan fingerprint density at radius 1 is 1.37 bits per heavy atom. The highest BCUT2D eigenvalue weighted by atomic mass is 79.9. The Bertz CT molecular complexity index is 568. The molecule has 0 atom stereocenters. The van der Waals surface area contributed by atoms with Crippen molar-refractivity contribution in [3.63, 3.8) is 0 Å². The maximum atomic E-state index is 11.5. The van der Waals surface area contributed by atoms with Crippen molar-refractivity contribution in [2.75, 3.05) is 11.9 Å². The molecule has 1 aromatic carbocycles. The average molecular weight is 338 g/mol. The zero-order valence-electron chi connectivity index (χ0n) is 9.97. The van der Waals surface area contributed by atoms with Crippen molar-refractivity contribution < 1.29 is 4.79 Å². The molecule has 6 heteroatoms. The van der Waals surface area contributed by atoms with Gasteiger partial charge in [0.15, 0.2) is 0 Å². The van der Waals surface area contributed by atoms with E-state index >= 15 is 0 Å². The fourth-order valence-electron chi connectivity index (χ4n) is 1.34. The highest BCUT2D eigenvalue weighted by molar-refractivity contribution is 9.10. The highest BCUT2D eigenvalue weighted by Gasteiger charge is 1.99. The molecule has 98 valence electrons.